The number of hydrogen-bond acceptors (Lipinski definition) is 5. The molecule has 27 heavy (non-hydrogen) atoms. The van der Waals surface area contributed by atoms with Gasteiger partial charge in [-0.15, -0.1) is 0 Å². The fraction of sp³-hybridized carbons (Fsp3) is 0.429. The number of anilines is 1. The summed E-state index contributed by atoms with van der Waals surface area (Å²) >= 11 is 0. The van der Waals surface area contributed by atoms with E-state index in [1.807, 2.05) is 12.3 Å². The SMILES string of the molecule is CN(CC1CCCCO1)c1nc(-c2c[nH]c3ccccc23)nc2c1CNC2. The Labute approximate surface area is 159 Å². The summed E-state index contributed by atoms with van der Waals surface area (Å²) in [5.74, 6) is 1.82. The second-order valence-electron chi connectivity index (χ2n) is 7.52. The van der Waals surface area contributed by atoms with Crippen LogP contribution < -0.4 is 10.2 Å². The first-order chi connectivity index (χ1) is 13.3. The van der Waals surface area contributed by atoms with Gasteiger partial charge in [0.05, 0.1) is 11.8 Å². The fourth-order valence-corrected chi connectivity index (χ4v) is 4.19. The molecule has 2 N–H and O–H groups in total. The molecule has 5 rings (SSSR count). The Balaban J connectivity index is 1.53. The van der Waals surface area contributed by atoms with E-state index >= 15 is 0 Å². The van der Waals surface area contributed by atoms with E-state index in [0.29, 0.717) is 6.10 Å². The Morgan fingerprint density at radius 3 is 3.00 bits per heavy atom. The van der Waals surface area contributed by atoms with Crippen molar-refractivity contribution in [3.05, 3.63) is 41.7 Å². The van der Waals surface area contributed by atoms with E-state index in [2.05, 4.69) is 40.4 Å². The van der Waals surface area contributed by atoms with E-state index in [1.165, 1.54) is 18.4 Å². The Hall–Kier alpha value is -2.44. The minimum atomic E-state index is 0.292. The van der Waals surface area contributed by atoms with Gasteiger partial charge in [0.25, 0.3) is 0 Å². The van der Waals surface area contributed by atoms with Crippen LogP contribution in [0, 0.1) is 0 Å². The summed E-state index contributed by atoms with van der Waals surface area (Å²) in [6.07, 6.45) is 5.87. The van der Waals surface area contributed by atoms with Crippen molar-refractivity contribution in [1.82, 2.24) is 20.3 Å². The highest BCUT2D eigenvalue weighted by atomic mass is 16.5. The van der Waals surface area contributed by atoms with Crippen LogP contribution in [-0.2, 0) is 17.8 Å². The molecule has 6 heteroatoms. The van der Waals surface area contributed by atoms with Crippen molar-refractivity contribution in [2.75, 3.05) is 25.1 Å². The minimum absolute atomic E-state index is 0.292. The van der Waals surface area contributed by atoms with Crippen LogP contribution in [-0.4, -0.2) is 41.3 Å². The summed E-state index contributed by atoms with van der Waals surface area (Å²) in [6, 6.07) is 8.30. The maximum absolute atomic E-state index is 5.94. The number of likely N-dealkylation sites (N-methyl/N-ethyl adjacent to an activating group) is 1. The summed E-state index contributed by atoms with van der Waals surface area (Å²) < 4.78 is 5.94. The number of nitrogens with zero attached hydrogens (tertiary/aromatic N) is 3. The zero-order valence-electron chi connectivity index (χ0n) is 15.7. The number of hydrogen-bond donors (Lipinski definition) is 2. The summed E-state index contributed by atoms with van der Waals surface area (Å²) in [5, 5.41) is 4.59. The molecule has 4 heterocycles. The molecule has 0 radical (unpaired) electrons. The highest BCUT2D eigenvalue weighted by Gasteiger charge is 2.24. The third kappa shape index (κ3) is 3.09. The van der Waals surface area contributed by atoms with Gasteiger partial charge in [-0.3, -0.25) is 0 Å². The van der Waals surface area contributed by atoms with Crippen molar-refractivity contribution in [1.29, 1.82) is 0 Å². The minimum Gasteiger partial charge on any atom is -0.376 e. The van der Waals surface area contributed by atoms with E-state index in [-0.39, 0.29) is 0 Å². The largest absolute Gasteiger partial charge is 0.376 e. The maximum Gasteiger partial charge on any atom is 0.163 e. The first-order valence-electron chi connectivity index (χ1n) is 9.79. The maximum atomic E-state index is 5.94. The number of benzene rings is 1. The molecule has 0 bridgehead atoms. The molecule has 1 atom stereocenters. The third-order valence-corrected chi connectivity index (χ3v) is 5.61. The quantitative estimate of drug-likeness (QED) is 0.745. The molecular formula is C21H25N5O. The predicted octanol–water partition coefficient (Wildman–Crippen LogP) is 3.23. The lowest BCUT2D eigenvalue weighted by Gasteiger charge is -2.29. The number of rotatable bonds is 4. The van der Waals surface area contributed by atoms with Gasteiger partial charge in [-0.05, 0) is 25.3 Å². The molecule has 2 aromatic heterocycles. The zero-order valence-corrected chi connectivity index (χ0v) is 15.7. The van der Waals surface area contributed by atoms with Crippen molar-refractivity contribution in [2.45, 2.75) is 38.5 Å². The van der Waals surface area contributed by atoms with E-state index in [4.69, 9.17) is 14.7 Å². The molecule has 0 aliphatic carbocycles. The number of aromatic amines is 1. The molecule has 1 saturated heterocycles. The van der Waals surface area contributed by atoms with Crippen LogP contribution >= 0.6 is 0 Å². The average molecular weight is 363 g/mol. The molecule has 1 fully saturated rings. The number of aromatic nitrogens is 3. The molecule has 1 aromatic carbocycles. The number of fused-ring (bicyclic) bond motifs is 2. The molecule has 0 amide bonds. The van der Waals surface area contributed by atoms with Crippen LogP contribution in [0.1, 0.15) is 30.5 Å². The summed E-state index contributed by atoms with van der Waals surface area (Å²) in [4.78, 5) is 15.5. The second-order valence-corrected chi connectivity index (χ2v) is 7.52. The van der Waals surface area contributed by atoms with Gasteiger partial charge in [0.15, 0.2) is 5.82 Å². The summed E-state index contributed by atoms with van der Waals surface area (Å²) in [6.45, 7) is 3.38. The highest BCUT2D eigenvalue weighted by Crippen LogP contribution is 2.31. The molecular weight excluding hydrogens is 338 g/mol. The first kappa shape index (κ1) is 16.7. The van der Waals surface area contributed by atoms with E-state index in [1.54, 1.807) is 0 Å². The van der Waals surface area contributed by atoms with Crippen molar-refractivity contribution < 1.29 is 4.74 Å². The number of ether oxygens (including phenoxy) is 1. The molecule has 0 spiro atoms. The van der Waals surface area contributed by atoms with Crippen LogP contribution in [0.4, 0.5) is 5.82 Å². The molecule has 6 nitrogen and oxygen atoms in total. The summed E-state index contributed by atoms with van der Waals surface area (Å²) in [7, 11) is 2.12. The van der Waals surface area contributed by atoms with Crippen molar-refractivity contribution in [3.63, 3.8) is 0 Å². The molecule has 0 saturated carbocycles. The third-order valence-electron chi connectivity index (χ3n) is 5.61. The Morgan fingerprint density at radius 2 is 2.11 bits per heavy atom. The van der Waals surface area contributed by atoms with E-state index < -0.39 is 0 Å². The van der Waals surface area contributed by atoms with E-state index in [9.17, 15) is 0 Å². The number of nitrogens with one attached hydrogen (secondary N) is 2. The van der Waals surface area contributed by atoms with Crippen molar-refractivity contribution in [3.8, 4) is 11.4 Å². The van der Waals surface area contributed by atoms with Gasteiger partial charge in [-0.25, -0.2) is 9.97 Å². The Bertz CT molecular complexity index is 960. The molecule has 1 unspecified atom stereocenters. The van der Waals surface area contributed by atoms with Crippen molar-refractivity contribution in [2.24, 2.45) is 0 Å². The number of H-pyrrole nitrogens is 1. The van der Waals surface area contributed by atoms with Gasteiger partial charge in [-0.1, -0.05) is 18.2 Å². The second kappa shape index (κ2) is 6.94. The smallest absolute Gasteiger partial charge is 0.163 e. The van der Waals surface area contributed by atoms with Gasteiger partial charge >= 0.3 is 0 Å². The molecule has 2 aliphatic rings. The van der Waals surface area contributed by atoms with Gasteiger partial charge < -0.3 is 19.9 Å². The van der Waals surface area contributed by atoms with Gasteiger partial charge in [0.1, 0.15) is 5.82 Å². The Morgan fingerprint density at radius 1 is 1.19 bits per heavy atom. The highest BCUT2D eigenvalue weighted by molar-refractivity contribution is 5.93. The summed E-state index contributed by atoms with van der Waals surface area (Å²) in [5.41, 5.74) is 4.50. The van der Waals surface area contributed by atoms with Gasteiger partial charge in [-0.2, -0.15) is 0 Å². The molecule has 3 aromatic rings. The zero-order chi connectivity index (χ0) is 18.2. The Kier molecular flexibility index (Phi) is 4.30. The van der Waals surface area contributed by atoms with Crippen LogP contribution in [0.25, 0.3) is 22.3 Å². The van der Waals surface area contributed by atoms with Gasteiger partial charge in [0.2, 0.25) is 0 Å². The lowest BCUT2D eigenvalue weighted by atomic mass is 10.1. The van der Waals surface area contributed by atoms with Crippen LogP contribution in [0.2, 0.25) is 0 Å². The molecule has 2 aliphatic heterocycles. The van der Waals surface area contributed by atoms with Gasteiger partial charge in [0, 0.05) is 61.5 Å². The first-order valence-corrected chi connectivity index (χ1v) is 9.79. The number of para-hydroxylation sites is 1. The molecule has 140 valence electrons. The normalized spacial score (nSPS) is 19.4. The topological polar surface area (TPSA) is 66.1 Å². The predicted molar refractivity (Wildman–Crippen MR) is 107 cm³/mol. The van der Waals surface area contributed by atoms with Crippen molar-refractivity contribution >= 4 is 16.7 Å². The monoisotopic (exact) mass is 363 g/mol. The lowest BCUT2D eigenvalue weighted by Crippen LogP contribution is -2.34. The fourth-order valence-electron chi connectivity index (χ4n) is 4.19. The van der Waals surface area contributed by atoms with Crippen LogP contribution in [0.5, 0.6) is 0 Å². The van der Waals surface area contributed by atoms with E-state index in [0.717, 1.165) is 66.5 Å². The van der Waals surface area contributed by atoms with Crippen LogP contribution in [0.3, 0.4) is 0 Å². The van der Waals surface area contributed by atoms with Crippen LogP contribution in [0.15, 0.2) is 30.5 Å². The lowest BCUT2D eigenvalue weighted by molar-refractivity contribution is 0.0215. The average Bonchev–Trinajstić information content (AvgIpc) is 3.34. The standard InChI is InChI=1S/C21H25N5O/c1-26(13-14-6-4-5-9-27-14)21-17-10-22-12-19(17)24-20(25-21)16-11-23-18-8-3-2-7-15(16)18/h2-3,7-8,11,14,22-23H,4-6,9-10,12-13H2,1H3.